The Balaban J connectivity index is 1.31. The van der Waals surface area contributed by atoms with Gasteiger partial charge in [0.1, 0.15) is 0 Å². The Labute approximate surface area is 301 Å². The topological polar surface area (TPSA) is 99.5 Å². The highest BCUT2D eigenvalue weighted by Gasteiger charge is 2.50. The van der Waals surface area contributed by atoms with E-state index in [4.69, 9.17) is 9.47 Å². The van der Waals surface area contributed by atoms with Crippen LogP contribution in [0.4, 0.5) is 11.4 Å². The first kappa shape index (κ1) is 32.5. The molecule has 4 aromatic carbocycles. The molecule has 8 heteroatoms. The Morgan fingerprint density at radius 3 is 1.33 bits per heavy atom. The number of allylic oxidation sites excluding steroid dienone is 8. The van der Waals surface area contributed by atoms with Crippen LogP contribution in [0.5, 0.6) is 0 Å². The summed E-state index contributed by atoms with van der Waals surface area (Å²) in [6.45, 7) is 1.03. The molecular formula is C44H34N2O6+2. The van der Waals surface area contributed by atoms with Crippen molar-refractivity contribution in [1.82, 2.24) is 0 Å². The van der Waals surface area contributed by atoms with Crippen LogP contribution in [0.15, 0.2) is 155 Å². The maximum Gasteiger partial charge on any atom is 0.335 e. The van der Waals surface area contributed by atoms with Crippen LogP contribution in [0.3, 0.4) is 0 Å². The highest BCUT2D eigenvalue weighted by Crippen LogP contribution is 2.57. The first-order valence-electron chi connectivity index (χ1n) is 16.9. The third-order valence-corrected chi connectivity index (χ3v) is 10.0. The molecule has 0 amide bonds. The number of fused-ring (bicyclic) bond motifs is 2. The lowest BCUT2D eigenvalue weighted by atomic mass is 9.67. The van der Waals surface area contributed by atoms with Crippen molar-refractivity contribution < 1.29 is 29.3 Å². The van der Waals surface area contributed by atoms with Gasteiger partial charge in [-0.15, -0.1) is 0 Å². The number of anilines is 2. The summed E-state index contributed by atoms with van der Waals surface area (Å²) in [7, 11) is 3.30. The number of hydrogen-bond donors (Lipinski definition) is 2. The van der Waals surface area contributed by atoms with Crippen LogP contribution in [0.25, 0.3) is 0 Å². The number of para-hydroxylation sites is 2. The first-order chi connectivity index (χ1) is 25.3. The maximum absolute atomic E-state index is 11.6. The standard InChI is InChI=1S/C44H32N2O6/c1-51-31-19-21-39-35(23-31)41(33-7-3-5-9-37(33)45(39)25-27-11-15-29(16-12-27)43(47)48)42-34-8-4-6-10-38(34)46(40-22-20-32(52-2)24-36(40)42)26-28-13-17-30(18-14-28)44(49)50/h3-22,41-42H,25-26H2,1-2H3/p+2. The number of carbonyl (C=O) groups is 2. The predicted molar refractivity (Wildman–Crippen MR) is 197 cm³/mol. The molecule has 254 valence electrons. The van der Waals surface area contributed by atoms with E-state index in [9.17, 15) is 19.8 Å². The Morgan fingerprint density at radius 2 is 0.962 bits per heavy atom. The number of hydrogen-bond acceptors (Lipinski definition) is 6. The Bertz CT molecular complexity index is 2130. The molecule has 4 aliphatic rings. The van der Waals surface area contributed by atoms with Gasteiger partial charge in [-0.3, -0.25) is 9.80 Å². The normalized spacial score (nSPS) is 18.2. The van der Waals surface area contributed by atoms with Gasteiger partial charge in [-0.1, -0.05) is 60.7 Å². The summed E-state index contributed by atoms with van der Waals surface area (Å²) >= 11 is 0. The summed E-state index contributed by atoms with van der Waals surface area (Å²) in [4.78, 5) is 27.7. The zero-order valence-electron chi connectivity index (χ0n) is 28.5. The smallest absolute Gasteiger partial charge is 0.335 e. The van der Waals surface area contributed by atoms with Gasteiger partial charge in [0.2, 0.25) is 0 Å². The molecule has 0 saturated carbocycles. The number of carboxylic acid groups (broad SMARTS) is 2. The second-order valence-corrected chi connectivity index (χ2v) is 12.9. The molecule has 0 fully saturated rings. The lowest BCUT2D eigenvalue weighted by Crippen LogP contribution is -2.36. The van der Waals surface area contributed by atoms with E-state index >= 15 is 0 Å². The molecule has 8 nitrogen and oxygen atoms in total. The average molecular weight is 687 g/mol. The van der Waals surface area contributed by atoms with Gasteiger partial charge in [-0.05, 0) is 58.7 Å². The molecule has 2 heterocycles. The number of nitrogens with zero attached hydrogens (tertiary/aromatic N) is 2. The highest BCUT2D eigenvalue weighted by atomic mass is 16.5. The third kappa shape index (κ3) is 5.62. The monoisotopic (exact) mass is 686 g/mol. The lowest BCUT2D eigenvalue weighted by Gasteiger charge is -2.40. The lowest BCUT2D eigenvalue weighted by molar-refractivity contribution is 0.0686. The van der Waals surface area contributed by atoms with Crippen molar-refractivity contribution in [3.63, 3.8) is 0 Å². The van der Waals surface area contributed by atoms with Crippen LogP contribution in [0.1, 0.15) is 54.8 Å². The third-order valence-electron chi connectivity index (χ3n) is 10.0. The van der Waals surface area contributed by atoms with Crippen LogP contribution in [0.2, 0.25) is 0 Å². The average Bonchev–Trinajstić information content (AvgIpc) is 3.18. The minimum Gasteiger partial charge on any atom is -0.478 e. The van der Waals surface area contributed by atoms with Crippen molar-refractivity contribution >= 4 is 23.3 Å². The molecule has 2 N–H and O–H groups in total. The van der Waals surface area contributed by atoms with E-state index in [-0.39, 0.29) is 23.0 Å². The summed E-state index contributed by atoms with van der Waals surface area (Å²) in [6, 6.07) is 30.9. The Morgan fingerprint density at radius 1 is 0.577 bits per heavy atom. The van der Waals surface area contributed by atoms with Gasteiger partial charge in [0.25, 0.3) is 11.5 Å². The number of rotatable bonds is 9. The minimum atomic E-state index is -0.958. The van der Waals surface area contributed by atoms with Crippen LogP contribution in [-0.4, -0.2) is 36.4 Å². The van der Waals surface area contributed by atoms with Crippen molar-refractivity contribution in [2.24, 2.45) is 0 Å². The molecule has 4 aromatic rings. The largest absolute Gasteiger partial charge is 0.478 e. The van der Waals surface area contributed by atoms with Gasteiger partial charge in [0, 0.05) is 0 Å². The summed E-state index contributed by atoms with van der Waals surface area (Å²) < 4.78 is 11.5. The molecule has 0 saturated heterocycles. The number of methoxy groups -OCH3 is 2. The molecule has 0 bridgehead atoms. The number of benzene rings is 4. The van der Waals surface area contributed by atoms with Crippen molar-refractivity contribution in [3.05, 3.63) is 201 Å². The van der Waals surface area contributed by atoms with Gasteiger partial charge in [0.15, 0.2) is 22.5 Å². The second kappa shape index (κ2) is 13.2. The molecule has 2 aliphatic carbocycles. The van der Waals surface area contributed by atoms with Crippen LogP contribution in [0, 0.1) is 12.2 Å². The van der Waals surface area contributed by atoms with E-state index < -0.39 is 11.9 Å². The minimum absolute atomic E-state index is 0.202. The molecular weight excluding hydrogens is 652 g/mol. The van der Waals surface area contributed by atoms with E-state index in [0.717, 1.165) is 56.2 Å². The number of ether oxygens (including phenoxy) is 2. The number of aromatic carboxylic acids is 2. The first-order valence-corrected chi connectivity index (χ1v) is 16.9. The summed E-state index contributed by atoms with van der Waals surface area (Å²) in [6.07, 6.45) is 15.3. The SMILES string of the molecule is COC1=[C+]C2=C(C=C1)N(Cc1ccc(C(=O)O)cc1)c1ccccc1C2C1C2=C(C=CC(OC)=[C+]2)N(Cc2ccc(C(=O)O)cc2)c2ccccc21. The van der Waals surface area contributed by atoms with Gasteiger partial charge in [-0.25, -0.2) is 9.59 Å². The van der Waals surface area contributed by atoms with Gasteiger partial charge < -0.3 is 19.7 Å². The molecule has 0 radical (unpaired) electrons. The summed E-state index contributed by atoms with van der Waals surface area (Å²) in [5, 5.41) is 19.0. The van der Waals surface area contributed by atoms with E-state index in [2.05, 4.69) is 70.5 Å². The molecule has 52 heavy (non-hydrogen) atoms. The Hall–Kier alpha value is -6.72. The molecule has 2 aliphatic heterocycles. The van der Waals surface area contributed by atoms with E-state index in [1.807, 2.05) is 48.6 Å². The molecule has 8 rings (SSSR count). The fourth-order valence-electron chi connectivity index (χ4n) is 7.62. The number of carboxylic acids is 2. The zero-order valence-corrected chi connectivity index (χ0v) is 28.5. The molecule has 2 atom stereocenters. The van der Waals surface area contributed by atoms with Crippen LogP contribution >= 0.6 is 0 Å². The van der Waals surface area contributed by atoms with E-state index in [0.29, 0.717) is 24.6 Å². The molecule has 0 spiro atoms. The second-order valence-electron chi connectivity index (χ2n) is 12.9. The highest BCUT2D eigenvalue weighted by molar-refractivity contribution is 5.88. The fraction of sp³-hybridized carbons (Fsp3) is 0.136. The molecule has 2 unspecified atom stereocenters. The maximum atomic E-state index is 11.6. The van der Waals surface area contributed by atoms with Crippen molar-refractivity contribution in [2.75, 3.05) is 24.0 Å². The fourth-order valence-corrected chi connectivity index (χ4v) is 7.62. The quantitative estimate of drug-likeness (QED) is 0.170. The summed E-state index contributed by atoms with van der Waals surface area (Å²) in [5.41, 5.74) is 10.7. The van der Waals surface area contributed by atoms with Crippen molar-refractivity contribution in [3.8, 4) is 0 Å². The van der Waals surface area contributed by atoms with E-state index in [1.165, 1.54) is 0 Å². The van der Waals surface area contributed by atoms with Crippen LogP contribution in [-0.2, 0) is 22.6 Å². The Kier molecular flexibility index (Phi) is 8.24. The molecule has 0 aromatic heterocycles. The van der Waals surface area contributed by atoms with Gasteiger partial charge in [0.05, 0.1) is 98.1 Å². The van der Waals surface area contributed by atoms with Gasteiger partial charge >= 0.3 is 11.9 Å². The van der Waals surface area contributed by atoms with E-state index in [1.54, 1.807) is 38.5 Å². The van der Waals surface area contributed by atoms with Crippen LogP contribution < -0.4 is 9.80 Å². The van der Waals surface area contributed by atoms with Crippen molar-refractivity contribution in [2.45, 2.75) is 24.9 Å². The predicted octanol–water partition coefficient (Wildman–Crippen LogP) is 8.31. The zero-order chi connectivity index (χ0) is 35.9. The van der Waals surface area contributed by atoms with Gasteiger partial charge in [-0.2, -0.15) is 0 Å². The van der Waals surface area contributed by atoms with Crippen molar-refractivity contribution in [1.29, 1.82) is 0 Å². The summed E-state index contributed by atoms with van der Waals surface area (Å²) in [5.74, 6) is -1.07.